The molecule has 0 saturated carbocycles. The summed E-state index contributed by atoms with van der Waals surface area (Å²) < 4.78 is 5.26. The fourth-order valence-electron chi connectivity index (χ4n) is 4.37. The molecule has 34 heavy (non-hydrogen) atoms. The van der Waals surface area contributed by atoms with Gasteiger partial charge in [0.2, 0.25) is 0 Å². The van der Waals surface area contributed by atoms with Crippen LogP contribution in [0.2, 0.25) is 5.02 Å². The highest BCUT2D eigenvalue weighted by molar-refractivity contribution is 7.19. The van der Waals surface area contributed by atoms with Gasteiger partial charge in [0, 0.05) is 17.0 Å². The van der Waals surface area contributed by atoms with Crippen molar-refractivity contribution in [2.24, 2.45) is 0 Å². The number of carboxylic acid groups (broad SMARTS) is 1. The number of anilines is 1. The first-order valence-electron chi connectivity index (χ1n) is 11.2. The van der Waals surface area contributed by atoms with E-state index in [-0.39, 0.29) is 6.42 Å². The summed E-state index contributed by atoms with van der Waals surface area (Å²) >= 11 is 8.08. The topological polar surface area (TPSA) is 84.3 Å². The van der Waals surface area contributed by atoms with Crippen LogP contribution in [0.15, 0.2) is 42.5 Å². The summed E-state index contributed by atoms with van der Waals surface area (Å²) in [4.78, 5) is 23.2. The zero-order valence-corrected chi connectivity index (χ0v) is 20.3. The normalized spacial score (nSPS) is 13.0. The summed E-state index contributed by atoms with van der Waals surface area (Å²) in [6.07, 6.45) is 4.51. The van der Waals surface area contributed by atoms with Crippen LogP contribution in [0, 0.1) is 0 Å². The van der Waals surface area contributed by atoms with E-state index in [0.29, 0.717) is 23.1 Å². The lowest BCUT2D eigenvalue weighted by molar-refractivity contribution is -0.136. The number of ether oxygens (including phenoxy) is 1. The lowest BCUT2D eigenvalue weighted by Crippen LogP contribution is -2.06. The number of hydrogen-bond donors (Lipinski definition) is 2. The van der Waals surface area contributed by atoms with E-state index in [1.54, 1.807) is 18.4 Å². The maximum atomic E-state index is 11.0. The largest absolute Gasteiger partial charge is 0.495 e. The molecule has 0 radical (unpaired) electrons. The Hall–Kier alpha value is -3.16. The van der Waals surface area contributed by atoms with Gasteiger partial charge in [-0.25, -0.2) is 9.97 Å². The molecule has 6 nitrogen and oxygen atoms in total. The molecule has 0 bridgehead atoms. The minimum atomic E-state index is -0.847. The molecule has 0 unspecified atom stereocenters. The first kappa shape index (κ1) is 22.6. The summed E-state index contributed by atoms with van der Waals surface area (Å²) in [5.41, 5.74) is 4.00. The van der Waals surface area contributed by atoms with Gasteiger partial charge in [-0.2, -0.15) is 0 Å². The molecule has 1 aliphatic carbocycles. The molecule has 2 heterocycles. The highest BCUT2D eigenvalue weighted by Gasteiger charge is 2.21. The minimum absolute atomic E-state index is 0.00492. The van der Waals surface area contributed by atoms with Crippen LogP contribution >= 0.6 is 22.9 Å². The summed E-state index contributed by atoms with van der Waals surface area (Å²) in [5, 5.41) is 14.3. The Labute approximate surface area is 206 Å². The van der Waals surface area contributed by atoms with E-state index in [1.165, 1.54) is 23.3 Å². The van der Waals surface area contributed by atoms with Crippen molar-refractivity contribution in [3.05, 3.63) is 69.1 Å². The van der Waals surface area contributed by atoms with Crippen molar-refractivity contribution in [3.8, 4) is 17.1 Å². The predicted octanol–water partition coefficient (Wildman–Crippen LogP) is 6.14. The molecular formula is C26H24ClN3O3S. The molecule has 2 aromatic carbocycles. The third-order valence-electron chi connectivity index (χ3n) is 6.06. The number of nitrogens with zero attached hydrogens (tertiary/aromatic N) is 2. The molecule has 5 rings (SSSR count). The van der Waals surface area contributed by atoms with Gasteiger partial charge in [0.25, 0.3) is 0 Å². The average molecular weight is 494 g/mol. The van der Waals surface area contributed by atoms with Crippen molar-refractivity contribution in [2.45, 2.75) is 38.6 Å². The average Bonchev–Trinajstić information content (AvgIpc) is 3.21. The van der Waals surface area contributed by atoms with Crippen LogP contribution in [0.3, 0.4) is 0 Å². The van der Waals surface area contributed by atoms with Gasteiger partial charge in [-0.3, -0.25) is 4.79 Å². The summed E-state index contributed by atoms with van der Waals surface area (Å²) in [6.45, 7) is 0.567. The van der Waals surface area contributed by atoms with Crippen LogP contribution in [-0.2, 0) is 30.6 Å². The van der Waals surface area contributed by atoms with E-state index < -0.39 is 5.97 Å². The van der Waals surface area contributed by atoms with Crippen LogP contribution < -0.4 is 10.1 Å². The Morgan fingerprint density at radius 3 is 2.62 bits per heavy atom. The second-order valence-corrected chi connectivity index (χ2v) is 9.87. The maximum Gasteiger partial charge on any atom is 0.307 e. The molecule has 0 amide bonds. The zero-order valence-electron chi connectivity index (χ0n) is 18.7. The Bertz CT molecular complexity index is 1370. The third-order valence-corrected chi connectivity index (χ3v) is 7.54. The molecule has 4 aromatic rings. The van der Waals surface area contributed by atoms with Crippen molar-refractivity contribution in [1.82, 2.24) is 9.97 Å². The van der Waals surface area contributed by atoms with E-state index in [9.17, 15) is 4.79 Å². The number of nitrogens with one attached hydrogen (secondary N) is 1. The van der Waals surface area contributed by atoms with Crippen molar-refractivity contribution in [1.29, 1.82) is 0 Å². The fraction of sp³-hybridized carbons (Fsp3) is 0.269. The molecule has 2 aromatic heterocycles. The standard InChI is InChI=1S/C26H24ClN3O3S/c1-33-20-11-8-16(12-19(20)27)14-28-25-23-18-4-2-3-5-21(18)34-26(23)30-24(29-25)17-9-6-15(7-10-17)13-22(31)32/h6-12H,2-5,13-14H2,1H3,(H,31,32)(H,28,29,30). The molecule has 0 atom stereocenters. The number of fused-ring (bicyclic) bond motifs is 3. The van der Waals surface area contributed by atoms with Gasteiger partial charge in [-0.1, -0.05) is 41.9 Å². The first-order valence-corrected chi connectivity index (χ1v) is 12.4. The van der Waals surface area contributed by atoms with Crippen LogP contribution in [0.4, 0.5) is 5.82 Å². The Kier molecular flexibility index (Phi) is 6.39. The highest BCUT2D eigenvalue weighted by atomic mass is 35.5. The first-order chi connectivity index (χ1) is 16.5. The number of carbonyl (C=O) groups is 1. The molecule has 0 saturated heterocycles. The van der Waals surface area contributed by atoms with E-state index >= 15 is 0 Å². The van der Waals surface area contributed by atoms with Crippen LogP contribution in [0.25, 0.3) is 21.6 Å². The number of aromatic nitrogens is 2. The SMILES string of the molecule is COc1ccc(CNc2nc(-c3ccc(CC(=O)O)cc3)nc3sc4c(c23)CCCC4)cc1Cl. The molecule has 0 spiro atoms. The van der Waals surface area contributed by atoms with Gasteiger partial charge in [0.1, 0.15) is 16.4 Å². The van der Waals surface area contributed by atoms with E-state index in [0.717, 1.165) is 45.6 Å². The smallest absolute Gasteiger partial charge is 0.307 e. The Morgan fingerprint density at radius 2 is 1.88 bits per heavy atom. The van der Waals surface area contributed by atoms with Crippen molar-refractivity contribution >= 4 is 44.9 Å². The summed E-state index contributed by atoms with van der Waals surface area (Å²) in [5.74, 6) is 1.25. The lowest BCUT2D eigenvalue weighted by atomic mass is 9.97. The monoisotopic (exact) mass is 493 g/mol. The van der Waals surface area contributed by atoms with Gasteiger partial charge in [0.15, 0.2) is 5.82 Å². The number of rotatable bonds is 7. The van der Waals surface area contributed by atoms with Gasteiger partial charge >= 0.3 is 5.97 Å². The fourth-order valence-corrected chi connectivity index (χ4v) is 5.91. The van der Waals surface area contributed by atoms with Gasteiger partial charge in [-0.15, -0.1) is 11.3 Å². The quantitative estimate of drug-likeness (QED) is 0.322. The second kappa shape index (κ2) is 9.60. The molecule has 174 valence electrons. The number of aryl methyl sites for hydroxylation is 2. The molecule has 8 heteroatoms. The Morgan fingerprint density at radius 1 is 1.12 bits per heavy atom. The minimum Gasteiger partial charge on any atom is -0.495 e. The van der Waals surface area contributed by atoms with Gasteiger partial charge < -0.3 is 15.2 Å². The number of thiophene rings is 1. The van der Waals surface area contributed by atoms with Gasteiger partial charge in [0.05, 0.1) is 23.9 Å². The number of carboxylic acids is 1. The van der Waals surface area contributed by atoms with E-state index in [4.69, 9.17) is 31.4 Å². The van der Waals surface area contributed by atoms with Crippen molar-refractivity contribution in [2.75, 3.05) is 12.4 Å². The maximum absolute atomic E-state index is 11.0. The van der Waals surface area contributed by atoms with E-state index in [1.807, 2.05) is 42.5 Å². The number of halogens is 1. The third kappa shape index (κ3) is 4.58. The molecular weight excluding hydrogens is 470 g/mol. The van der Waals surface area contributed by atoms with Gasteiger partial charge in [-0.05, 0) is 54.5 Å². The number of methoxy groups -OCH3 is 1. The van der Waals surface area contributed by atoms with Crippen molar-refractivity contribution < 1.29 is 14.6 Å². The molecule has 1 aliphatic rings. The molecule has 0 aliphatic heterocycles. The van der Waals surface area contributed by atoms with E-state index in [2.05, 4.69) is 5.32 Å². The highest BCUT2D eigenvalue weighted by Crippen LogP contribution is 2.40. The Balaban J connectivity index is 1.52. The lowest BCUT2D eigenvalue weighted by Gasteiger charge is -2.14. The molecule has 0 fully saturated rings. The molecule has 2 N–H and O–H groups in total. The summed E-state index contributed by atoms with van der Waals surface area (Å²) in [6, 6.07) is 13.2. The van der Waals surface area contributed by atoms with Crippen molar-refractivity contribution in [3.63, 3.8) is 0 Å². The van der Waals surface area contributed by atoms with Crippen LogP contribution in [0.1, 0.15) is 34.4 Å². The number of aliphatic carboxylic acids is 1. The number of benzene rings is 2. The van der Waals surface area contributed by atoms with Crippen LogP contribution in [0.5, 0.6) is 5.75 Å². The number of hydrogen-bond acceptors (Lipinski definition) is 6. The summed E-state index contributed by atoms with van der Waals surface area (Å²) in [7, 11) is 1.60. The van der Waals surface area contributed by atoms with Crippen LogP contribution in [-0.4, -0.2) is 28.2 Å². The predicted molar refractivity (Wildman–Crippen MR) is 136 cm³/mol. The zero-order chi connectivity index (χ0) is 23.7. The second-order valence-electron chi connectivity index (χ2n) is 8.38.